The molecule has 0 fully saturated rings. The third-order valence-electron chi connectivity index (χ3n) is 1.90. The van der Waals surface area contributed by atoms with E-state index in [1.165, 1.54) is 0 Å². The van der Waals surface area contributed by atoms with Gasteiger partial charge in [0, 0.05) is 21.6 Å². The molecule has 0 aliphatic heterocycles. The molecule has 1 aromatic carbocycles. The predicted octanol–water partition coefficient (Wildman–Crippen LogP) is 1.46. The van der Waals surface area contributed by atoms with Crippen LogP contribution in [0.1, 0.15) is 11.7 Å². The van der Waals surface area contributed by atoms with Crippen LogP contribution in [0, 0.1) is 0 Å². The molecule has 5 heteroatoms. The van der Waals surface area contributed by atoms with E-state index in [0.717, 1.165) is 0 Å². The summed E-state index contributed by atoms with van der Waals surface area (Å²) in [6.07, 6.45) is -2.07. The number of aliphatic hydroxyl groups excluding tert-OH is 2. The van der Waals surface area contributed by atoms with Crippen molar-refractivity contribution in [1.29, 1.82) is 0 Å². The van der Waals surface area contributed by atoms with Crippen molar-refractivity contribution in [2.24, 2.45) is 5.73 Å². The normalized spacial score (nSPS) is 15.2. The largest absolute Gasteiger partial charge is 0.389 e. The van der Waals surface area contributed by atoms with Crippen LogP contribution in [0.5, 0.6) is 0 Å². The van der Waals surface area contributed by atoms with Crippen molar-refractivity contribution in [2.45, 2.75) is 12.2 Å². The molecule has 14 heavy (non-hydrogen) atoms. The van der Waals surface area contributed by atoms with Gasteiger partial charge in [0.05, 0.1) is 6.10 Å². The van der Waals surface area contributed by atoms with Crippen LogP contribution in [0.3, 0.4) is 0 Å². The first-order valence-electron chi connectivity index (χ1n) is 4.08. The molecule has 0 aliphatic rings. The molecule has 0 aliphatic carbocycles. The molecule has 0 radical (unpaired) electrons. The highest BCUT2D eigenvalue weighted by atomic mass is 79.9. The first-order valence-corrected chi connectivity index (χ1v) is 5.25. The molecular weight excluding hydrogens is 269 g/mol. The molecule has 1 rings (SSSR count). The van der Waals surface area contributed by atoms with E-state index < -0.39 is 12.2 Å². The summed E-state index contributed by atoms with van der Waals surface area (Å²) in [7, 11) is 0. The molecule has 1 aromatic rings. The number of nitrogens with two attached hydrogens (primary N) is 1. The van der Waals surface area contributed by atoms with Gasteiger partial charge in [0.25, 0.3) is 0 Å². The van der Waals surface area contributed by atoms with Gasteiger partial charge in [0.15, 0.2) is 0 Å². The lowest BCUT2D eigenvalue weighted by atomic mass is 10.0. The lowest BCUT2D eigenvalue weighted by Crippen LogP contribution is -2.27. The van der Waals surface area contributed by atoms with Crippen LogP contribution < -0.4 is 5.73 Å². The number of hydrogen-bond acceptors (Lipinski definition) is 3. The maximum absolute atomic E-state index is 9.71. The van der Waals surface area contributed by atoms with Gasteiger partial charge >= 0.3 is 0 Å². The molecule has 0 saturated heterocycles. The second-order valence-corrected chi connectivity index (χ2v) is 4.14. The van der Waals surface area contributed by atoms with Crippen LogP contribution in [0.2, 0.25) is 5.02 Å². The van der Waals surface area contributed by atoms with Gasteiger partial charge in [-0.2, -0.15) is 0 Å². The van der Waals surface area contributed by atoms with E-state index in [1.807, 2.05) is 0 Å². The number of rotatable bonds is 3. The summed E-state index contributed by atoms with van der Waals surface area (Å²) in [4.78, 5) is 0. The number of aliphatic hydroxyl groups is 2. The summed E-state index contributed by atoms with van der Waals surface area (Å²) < 4.78 is 0.657. The van der Waals surface area contributed by atoms with Gasteiger partial charge in [-0.05, 0) is 12.1 Å². The zero-order valence-corrected chi connectivity index (χ0v) is 9.66. The molecule has 2 unspecified atom stereocenters. The summed E-state index contributed by atoms with van der Waals surface area (Å²) in [6.45, 7) is -0.0150. The third-order valence-corrected chi connectivity index (χ3v) is 2.92. The molecule has 0 heterocycles. The number of benzene rings is 1. The van der Waals surface area contributed by atoms with Crippen molar-refractivity contribution in [2.75, 3.05) is 6.54 Å². The quantitative estimate of drug-likeness (QED) is 0.785. The SMILES string of the molecule is NCC(O)C(O)c1c(Cl)cccc1Br. The third kappa shape index (κ3) is 2.46. The van der Waals surface area contributed by atoms with Crippen molar-refractivity contribution >= 4 is 27.5 Å². The van der Waals surface area contributed by atoms with Gasteiger partial charge in [-0.3, -0.25) is 0 Å². The minimum absolute atomic E-state index is 0.0150. The topological polar surface area (TPSA) is 66.5 Å². The Kier molecular flexibility index (Phi) is 4.34. The monoisotopic (exact) mass is 279 g/mol. The van der Waals surface area contributed by atoms with Crippen LogP contribution in [-0.4, -0.2) is 22.9 Å². The smallest absolute Gasteiger partial charge is 0.109 e. The van der Waals surface area contributed by atoms with Crippen molar-refractivity contribution < 1.29 is 10.2 Å². The minimum atomic E-state index is -1.07. The van der Waals surface area contributed by atoms with Gasteiger partial charge in [-0.15, -0.1) is 0 Å². The van der Waals surface area contributed by atoms with Crippen molar-refractivity contribution in [3.8, 4) is 0 Å². The second-order valence-electron chi connectivity index (χ2n) is 2.88. The van der Waals surface area contributed by atoms with E-state index >= 15 is 0 Å². The Morgan fingerprint density at radius 2 is 2.07 bits per heavy atom. The summed E-state index contributed by atoms with van der Waals surface area (Å²) in [6, 6.07) is 5.14. The first kappa shape index (κ1) is 11.9. The average Bonchev–Trinajstić information content (AvgIpc) is 2.16. The highest BCUT2D eigenvalue weighted by Gasteiger charge is 2.21. The molecule has 4 N–H and O–H groups in total. The molecule has 0 spiro atoms. The van der Waals surface area contributed by atoms with Gasteiger partial charge in [0.1, 0.15) is 6.10 Å². The fourth-order valence-electron chi connectivity index (χ4n) is 1.11. The Labute approximate surface area is 95.6 Å². The number of halogens is 2. The van der Waals surface area contributed by atoms with Crippen molar-refractivity contribution in [1.82, 2.24) is 0 Å². The van der Waals surface area contributed by atoms with Crippen molar-refractivity contribution in [3.05, 3.63) is 33.3 Å². The first-order chi connectivity index (χ1) is 6.57. The summed E-state index contributed by atoms with van der Waals surface area (Å²) in [5.74, 6) is 0. The van der Waals surface area contributed by atoms with Gasteiger partial charge in [-0.1, -0.05) is 33.6 Å². The van der Waals surface area contributed by atoms with E-state index in [4.69, 9.17) is 17.3 Å². The Bertz CT molecular complexity index is 301. The van der Waals surface area contributed by atoms with E-state index in [2.05, 4.69) is 15.9 Å². The summed E-state index contributed by atoms with van der Waals surface area (Å²) >= 11 is 9.13. The Morgan fingerprint density at radius 3 is 2.57 bits per heavy atom. The molecule has 78 valence electrons. The van der Waals surface area contributed by atoms with Crippen molar-refractivity contribution in [3.63, 3.8) is 0 Å². The Balaban J connectivity index is 3.05. The molecule has 0 bridgehead atoms. The minimum Gasteiger partial charge on any atom is -0.389 e. The van der Waals surface area contributed by atoms with Crippen LogP contribution >= 0.6 is 27.5 Å². The summed E-state index contributed by atoms with van der Waals surface area (Å²) in [5.41, 5.74) is 5.71. The fraction of sp³-hybridized carbons (Fsp3) is 0.333. The Hall–Kier alpha value is -0.130. The zero-order valence-electron chi connectivity index (χ0n) is 7.32. The lowest BCUT2D eigenvalue weighted by Gasteiger charge is -2.18. The highest BCUT2D eigenvalue weighted by molar-refractivity contribution is 9.10. The Morgan fingerprint density at radius 1 is 1.43 bits per heavy atom. The van der Waals surface area contributed by atoms with E-state index in [-0.39, 0.29) is 6.54 Å². The predicted molar refractivity (Wildman–Crippen MR) is 59.2 cm³/mol. The molecule has 3 nitrogen and oxygen atoms in total. The molecule has 0 aromatic heterocycles. The van der Waals surface area contributed by atoms with E-state index in [9.17, 15) is 10.2 Å². The van der Waals surface area contributed by atoms with E-state index in [1.54, 1.807) is 18.2 Å². The second kappa shape index (κ2) is 5.09. The van der Waals surface area contributed by atoms with Gasteiger partial charge < -0.3 is 15.9 Å². The van der Waals surface area contributed by atoms with Crippen LogP contribution in [0.4, 0.5) is 0 Å². The average molecular weight is 281 g/mol. The van der Waals surface area contributed by atoms with E-state index in [0.29, 0.717) is 15.1 Å². The van der Waals surface area contributed by atoms with Crippen LogP contribution in [0.15, 0.2) is 22.7 Å². The molecule has 0 amide bonds. The lowest BCUT2D eigenvalue weighted by molar-refractivity contribution is 0.0240. The maximum Gasteiger partial charge on any atom is 0.109 e. The number of hydrogen-bond donors (Lipinski definition) is 3. The zero-order chi connectivity index (χ0) is 10.7. The molecular formula is C9H11BrClNO2. The van der Waals surface area contributed by atoms with Gasteiger partial charge in [-0.25, -0.2) is 0 Å². The fourth-order valence-corrected chi connectivity index (χ4v) is 2.12. The molecule has 2 atom stereocenters. The molecule has 0 saturated carbocycles. The highest BCUT2D eigenvalue weighted by Crippen LogP contribution is 2.31. The standard InChI is InChI=1S/C9H11BrClNO2/c10-5-2-1-3-6(11)8(5)9(14)7(13)4-12/h1-3,7,9,13-14H,4,12H2. The van der Waals surface area contributed by atoms with Crippen LogP contribution in [-0.2, 0) is 0 Å². The maximum atomic E-state index is 9.71. The van der Waals surface area contributed by atoms with Gasteiger partial charge in [0.2, 0.25) is 0 Å². The van der Waals surface area contributed by atoms with Crippen LogP contribution in [0.25, 0.3) is 0 Å². The summed E-state index contributed by atoms with van der Waals surface area (Å²) in [5, 5.41) is 19.5.